The molecule has 0 aromatic rings. The Hall–Kier alpha value is -0.850. The molecule has 0 radical (unpaired) electrons. The van der Waals surface area contributed by atoms with Crippen molar-refractivity contribution in [3.8, 4) is 0 Å². The summed E-state index contributed by atoms with van der Waals surface area (Å²) in [5.74, 6) is 0.445. The van der Waals surface area contributed by atoms with Crippen LogP contribution in [0.15, 0.2) is 24.3 Å². The van der Waals surface area contributed by atoms with Crippen molar-refractivity contribution in [2.45, 2.75) is 65.2 Å². The van der Waals surface area contributed by atoms with E-state index in [0.29, 0.717) is 5.78 Å². The molecule has 0 saturated heterocycles. The number of ketones is 1. The molecule has 0 aliphatic carbocycles. The lowest BCUT2D eigenvalue weighted by molar-refractivity contribution is -0.119. The molecule has 0 fully saturated rings. The van der Waals surface area contributed by atoms with Gasteiger partial charge in [-0.1, -0.05) is 24.3 Å². The van der Waals surface area contributed by atoms with Crippen LogP contribution in [0.1, 0.15) is 65.2 Å². The minimum absolute atomic E-state index is 0.445. The smallest absolute Gasteiger partial charge is 0.132 e. The molecule has 0 bridgehead atoms. The summed E-state index contributed by atoms with van der Waals surface area (Å²) < 4.78 is 0. The first-order valence-electron chi connectivity index (χ1n) is 6.55. The van der Waals surface area contributed by atoms with Crippen LogP contribution in [-0.2, 0) is 4.79 Å². The molecule has 0 aromatic carbocycles. The molecule has 1 heteroatoms. The van der Waals surface area contributed by atoms with Gasteiger partial charge in [0.15, 0.2) is 0 Å². The molecule has 1 nitrogen and oxygen atoms in total. The maximum absolute atomic E-state index is 11.5. The van der Waals surface area contributed by atoms with E-state index in [2.05, 4.69) is 24.3 Å². The van der Waals surface area contributed by atoms with E-state index in [-0.39, 0.29) is 0 Å². The summed E-state index contributed by atoms with van der Waals surface area (Å²) in [6.45, 7) is 4.08. The van der Waals surface area contributed by atoms with E-state index in [0.717, 1.165) is 51.4 Å². The highest BCUT2D eigenvalue weighted by Crippen LogP contribution is 2.07. The number of carbonyl (C=O) groups is 1. The van der Waals surface area contributed by atoms with Crippen molar-refractivity contribution in [1.82, 2.24) is 0 Å². The van der Waals surface area contributed by atoms with Crippen molar-refractivity contribution in [1.29, 1.82) is 0 Å². The summed E-state index contributed by atoms with van der Waals surface area (Å²) in [5, 5.41) is 0. The molecule has 0 aliphatic rings. The van der Waals surface area contributed by atoms with Gasteiger partial charge < -0.3 is 0 Å². The van der Waals surface area contributed by atoms with Crippen LogP contribution >= 0.6 is 0 Å². The highest BCUT2D eigenvalue weighted by atomic mass is 16.1. The third-order valence-electron chi connectivity index (χ3n) is 2.62. The Bertz CT molecular complexity index is 191. The highest BCUT2D eigenvalue weighted by molar-refractivity contribution is 5.78. The molecule has 0 unspecified atom stereocenters. The molecule has 0 aromatic heterocycles. The van der Waals surface area contributed by atoms with Crippen LogP contribution in [0.3, 0.4) is 0 Å². The fourth-order valence-corrected chi connectivity index (χ4v) is 1.63. The first kappa shape index (κ1) is 15.2. The zero-order valence-corrected chi connectivity index (χ0v) is 10.9. The van der Waals surface area contributed by atoms with Crippen LogP contribution in [0, 0.1) is 0 Å². The summed E-state index contributed by atoms with van der Waals surface area (Å²) in [6.07, 6.45) is 16.7. The Balaban J connectivity index is 3.24. The molecule has 0 spiro atoms. The number of hydrogen-bond donors (Lipinski definition) is 0. The second kappa shape index (κ2) is 12.2. The molecule has 0 saturated carbocycles. The van der Waals surface area contributed by atoms with Gasteiger partial charge >= 0.3 is 0 Å². The molecule has 92 valence electrons. The number of allylic oxidation sites excluding steroid dienone is 4. The fraction of sp³-hybridized carbons (Fsp3) is 0.667. The molecule has 0 aliphatic heterocycles. The van der Waals surface area contributed by atoms with Gasteiger partial charge in [0.2, 0.25) is 0 Å². The summed E-state index contributed by atoms with van der Waals surface area (Å²) >= 11 is 0. The summed E-state index contributed by atoms with van der Waals surface area (Å²) in [7, 11) is 0. The predicted octanol–water partition coefficient (Wildman–Crippen LogP) is 4.83. The van der Waals surface area contributed by atoms with Crippen molar-refractivity contribution in [3.05, 3.63) is 24.3 Å². The quantitative estimate of drug-likeness (QED) is 0.382. The number of Topliss-reactive ketones (excluding diaryl/α,β-unsaturated/α-hetero) is 1. The monoisotopic (exact) mass is 222 g/mol. The maximum Gasteiger partial charge on any atom is 0.132 e. The first-order valence-corrected chi connectivity index (χ1v) is 6.55. The molecule has 0 rings (SSSR count). The van der Waals surface area contributed by atoms with E-state index in [1.54, 1.807) is 0 Å². The largest absolute Gasteiger partial charge is 0.300 e. The van der Waals surface area contributed by atoms with Gasteiger partial charge in [0.1, 0.15) is 5.78 Å². The van der Waals surface area contributed by atoms with Crippen molar-refractivity contribution < 1.29 is 4.79 Å². The van der Waals surface area contributed by atoms with Gasteiger partial charge in [-0.2, -0.15) is 0 Å². The zero-order valence-electron chi connectivity index (χ0n) is 10.9. The van der Waals surface area contributed by atoms with Gasteiger partial charge in [0, 0.05) is 12.8 Å². The van der Waals surface area contributed by atoms with Crippen LogP contribution in [0.25, 0.3) is 0 Å². The van der Waals surface area contributed by atoms with E-state index in [4.69, 9.17) is 0 Å². The lowest BCUT2D eigenvalue weighted by Gasteiger charge is -1.99. The Morgan fingerprint density at radius 3 is 1.62 bits per heavy atom. The Morgan fingerprint density at radius 1 is 0.812 bits per heavy atom. The summed E-state index contributed by atoms with van der Waals surface area (Å²) in [5.41, 5.74) is 0. The van der Waals surface area contributed by atoms with Gasteiger partial charge in [-0.05, 0) is 52.4 Å². The normalized spacial score (nSPS) is 11.6. The minimum Gasteiger partial charge on any atom is -0.300 e. The van der Waals surface area contributed by atoms with Crippen LogP contribution < -0.4 is 0 Å². The second-order valence-electron chi connectivity index (χ2n) is 4.17. The van der Waals surface area contributed by atoms with Crippen molar-refractivity contribution in [2.24, 2.45) is 0 Å². The Morgan fingerprint density at radius 2 is 1.25 bits per heavy atom. The predicted molar refractivity (Wildman–Crippen MR) is 71.6 cm³/mol. The average molecular weight is 222 g/mol. The maximum atomic E-state index is 11.5. The lowest BCUT2D eigenvalue weighted by atomic mass is 10.1. The second-order valence-corrected chi connectivity index (χ2v) is 4.17. The van der Waals surface area contributed by atoms with Crippen LogP contribution in [0.2, 0.25) is 0 Å². The van der Waals surface area contributed by atoms with Gasteiger partial charge in [-0.25, -0.2) is 0 Å². The minimum atomic E-state index is 0.445. The lowest BCUT2D eigenvalue weighted by Crippen LogP contribution is -1.97. The number of rotatable bonds is 10. The third-order valence-corrected chi connectivity index (χ3v) is 2.62. The van der Waals surface area contributed by atoms with E-state index >= 15 is 0 Å². The fourth-order valence-electron chi connectivity index (χ4n) is 1.63. The summed E-state index contributed by atoms with van der Waals surface area (Å²) in [6, 6.07) is 0. The standard InChI is InChI=1S/C15H26O/c1-3-5-7-9-11-13-15(16)14-12-10-8-6-4-2/h3-6H,7-14H2,1-2H3. The summed E-state index contributed by atoms with van der Waals surface area (Å²) in [4.78, 5) is 11.5. The SMILES string of the molecule is CC=CCCCCC(=O)CCCCC=CC. The van der Waals surface area contributed by atoms with Gasteiger partial charge in [0.05, 0.1) is 0 Å². The molecule has 0 amide bonds. The Kier molecular flexibility index (Phi) is 11.6. The van der Waals surface area contributed by atoms with Crippen molar-refractivity contribution >= 4 is 5.78 Å². The van der Waals surface area contributed by atoms with E-state index in [1.807, 2.05) is 13.8 Å². The zero-order chi connectivity index (χ0) is 12.1. The van der Waals surface area contributed by atoms with Gasteiger partial charge in [-0.3, -0.25) is 4.79 Å². The van der Waals surface area contributed by atoms with Crippen LogP contribution in [-0.4, -0.2) is 5.78 Å². The van der Waals surface area contributed by atoms with E-state index < -0.39 is 0 Å². The molecular weight excluding hydrogens is 196 g/mol. The number of hydrogen-bond acceptors (Lipinski definition) is 1. The highest BCUT2D eigenvalue weighted by Gasteiger charge is 2.00. The molecule has 0 N–H and O–H groups in total. The first-order chi connectivity index (χ1) is 7.81. The molecular formula is C15H26O. The topological polar surface area (TPSA) is 17.1 Å². The van der Waals surface area contributed by atoms with Crippen LogP contribution in [0.5, 0.6) is 0 Å². The average Bonchev–Trinajstić information content (AvgIpc) is 2.28. The molecule has 0 heterocycles. The third kappa shape index (κ3) is 11.2. The van der Waals surface area contributed by atoms with Crippen LogP contribution in [0.4, 0.5) is 0 Å². The molecule has 0 atom stereocenters. The molecule has 16 heavy (non-hydrogen) atoms. The van der Waals surface area contributed by atoms with Crippen molar-refractivity contribution in [3.63, 3.8) is 0 Å². The van der Waals surface area contributed by atoms with E-state index in [1.165, 1.54) is 0 Å². The van der Waals surface area contributed by atoms with Gasteiger partial charge in [0.25, 0.3) is 0 Å². The van der Waals surface area contributed by atoms with Gasteiger partial charge in [-0.15, -0.1) is 0 Å². The number of carbonyl (C=O) groups excluding carboxylic acids is 1. The van der Waals surface area contributed by atoms with E-state index in [9.17, 15) is 4.79 Å². The number of unbranched alkanes of at least 4 members (excludes halogenated alkanes) is 4. The van der Waals surface area contributed by atoms with Crippen molar-refractivity contribution in [2.75, 3.05) is 0 Å². The Labute approximate surface area is 101 Å².